The zero-order valence-corrected chi connectivity index (χ0v) is 11.7. The van der Waals surface area contributed by atoms with Crippen LogP contribution in [0.4, 0.5) is 5.82 Å². The van der Waals surface area contributed by atoms with Crippen molar-refractivity contribution in [2.45, 2.75) is 23.8 Å². The third-order valence-corrected chi connectivity index (χ3v) is 4.57. The van der Waals surface area contributed by atoms with Crippen LogP contribution in [-0.2, 0) is 10.0 Å². The van der Waals surface area contributed by atoms with Crippen LogP contribution < -0.4 is 16.0 Å². The first-order valence-corrected chi connectivity index (χ1v) is 7.64. The number of hydrogen-bond acceptors (Lipinski definition) is 6. The molecule has 7 nitrogen and oxygen atoms in total. The number of nitrogens with two attached hydrogens (primary N) is 1. The SMILES string of the molecule is CN(CCNS(=O)(=O)c1ccc(NN)nc1)C1CC1. The molecule has 0 saturated heterocycles. The van der Waals surface area contributed by atoms with Gasteiger partial charge in [-0.05, 0) is 32.0 Å². The van der Waals surface area contributed by atoms with Gasteiger partial charge in [0.25, 0.3) is 0 Å². The highest BCUT2D eigenvalue weighted by molar-refractivity contribution is 7.89. The van der Waals surface area contributed by atoms with Crippen molar-refractivity contribution in [3.8, 4) is 0 Å². The van der Waals surface area contributed by atoms with Crippen molar-refractivity contribution in [2.75, 3.05) is 25.6 Å². The molecule has 1 fully saturated rings. The molecule has 0 bridgehead atoms. The van der Waals surface area contributed by atoms with Crippen LogP contribution in [0.1, 0.15) is 12.8 Å². The molecule has 1 heterocycles. The van der Waals surface area contributed by atoms with Gasteiger partial charge in [0.15, 0.2) is 0 Å². The number of sulfonamides is 1. The number of hydrogen-bond donors (Lipinski definition) is 3. The third-order valence-electron chi connectivity index (χ3n) is 3.12. The normalized spacial score (nSPS) is 15.7. The van der Waals surface area contributed by atoms with Crippen molar-refractivity contribution in [1.82, 2.24) is 14.6 Å². The molecular weight excluding hydrogens is 266 g/mol. The number of nitrogens with zero attached hydrogens (tertiary/aromatic N) is 2. The number of nitrogen functional groups attached to an aromatic ring is 1. The average Bonchev–Trinajstić information content (AvgIpc) is 3.23. The molecule has 0 spiro atoms. The van der Waals surface area contributed by atoms with Crippen LogP contribution in [0, 0.1) is 0 Å². The third kappa shape index (κ3) is 3.87. The zero-order chi connectivity index (χ0) is 13.9. The van der Waals surface area contributed by atoms with Gasteiger partial charge in [0.1, 0.15) is 10.7 Å². The minimum atomic E-state index is -3.49. The smallest absolute Gasteiger partial charge is 0.242 e. The number of hydrazine groups is 1. The number of likely N-dealkylation sites (N-methyl/N-ethyl adjacent to an activating group) is 1. The lowest BCUT2D eigenvalue weighted by molar-refractivity contribution is 0.329. The minimum Gasteiger partial charge on any atom is -0.308 e. The second kappa shape index (κ2) is 5.83. The molecule has 19 heavy (non-hydrogen) atoms. The summed E-state index contributed by atoms with van der Waals surface area (Å²) in [4.78, 5) is 6.19. The molecule has 0 amide bonds. The maximum Gasteiger partial charge on any atom is 0.242 e. The summed E-state index contributed by atoms with van der Waals surface area (Å²) in [5.41, 5.74) is 2.35. The fourth-order valence-electron chi connectivity index (χ4n) is 1.76. The van der Waals surface area contributed by atoms with Crippen LogP contribution in [0.15, 0.2) is 23.2 Å². The van der Waals surface area contributed by atoms with E-state index in [1.807, 2.05) is 7.05 Å². The Balaban J connectivity index is 1.89. The van der Waals surface area contributed by atoms with Gasteiger partial charge >= 0.3 is 0 Å². The van der Waals surface area contributed by atoms with E-state index in [1.54, 1.807) is 0 Å². The molecule has 2 rings (SSSR count). The Morgan fingerprint density at radius 2 is 2.21 bits per heavy atom. The van der Waals surface area contributed by atoms with Crippen LogP contribution in [0.3, 0.4) is 0 Å². The van der Waals surface area contributed by atoms with E-state index in [4.69, 9.17) is 5.84 Å². The summed E-state index contributed by atoms with van der Waals surface area (Å²) >= 11 is 0. The van der Waals surface area contributed by atoms with Gasteiger partial charge in [0.05, 0.1) is 0 Å². The molecule has 1 aliphatic carbocycles. The van der Waals surface area contributed by atoms with Gasteiger partial charge in [-0.25, -0.2) is 24.0 Å². The van der Waals surface area contributed by atoms with Gasteiger partial charge in [0.2, 0.25) is 10.0 Å². The predicted molar refractivity (Wildman–Crippen MR) is 72.9 cm³/mol. The molecular formula is C11H19N5O2S. The van der Waals surface area contributed by atoms with E-state index in [0.29, 0.717) is 24.9 Å². The quantitative estimate of drug-likeness (QED) is 0.471. The first kappa shape index (κ1) is 14.2. The maximum absolute atomic E-state index is 12.0. The van der Waals surface area contributed by atoms with Gasteiger partial charge in [-0.3, -0.25) is 0 Å². The van der Waals surface area contributed by atoms with E-state index < -0.39 is 10.0 Å². The summed E-state index contributed by atoms with van der Waals surface area (Å²) in [6.07, 6.45) is 3.70. The number of rotatable bonds is 7. The number of nitrogens with one attached hydrogen (secondary N) is 2. The molecule has 1 aliphatic rings. The first-order valence-electron chi connectivity index (χ1n) is 6.15. The molecule has 0 aliphatic heterocycles. The van der Waals surface area contributed by atoms with Gasteiger partial charge < -0.3 is 10.3 Å². The Bertz CT molecular complexity index is 512. The lowest BCUT2D eigenvalue weighted by Gasteiger charge is -2.15. The highest BCUT2D eigenvalue weighted by atomic mass is 32.2. The van der Waals surface area contributed by atoms with Crippen LogP contribution in [0.5, 0.6) is 0 Å². The van der Waals surface area contributed by atoms with Crippen molar-refractivity contribution in [1.29, 1.82) is 0 Å². The second-order valence-corrected chi connectivity index (χ2v) is 6.40. The molecule has 0 radical (unpaired) electrons. The molecule has 0 aromatic carbocycles. The summed E-state index contributed by atoms with van der Waals surface area (Å²) in [6, 6.07) is 3.61. The Kier molecular flexibility index (Phi) is 4.35. The average molecular weight is 285 g/mol. The standard InChI is InChI=1S/C11H19N5O2S/c1-16(9-2-3-9)7-6-14-19(17,18)10-4-5-11(15-12)13-8-10/h4-5,8-9,14H,2-3,6-7,12H2,1H3,(H,13,15). The predicted octanol–water partition coefficient (Wildman–Crippen LogP) is -0.260. The highest BCUT2D eigenvalue weighted by Crippen LogP contribution is 2.24. The van der Waals surface area contributed by atoms with Crippen LogP contribution >= 0.6 is 0 Å². The molecule has 1 saturated carbocycles. The topological polar surface area (TPSA) is 100 Å². The second-order valence-electron chi connectivity index (χ2n) is 4.63. The molecule has 8 heteroatoms. The fourth-order valence-corrected chi connectivity index (χ4v) is 2.73. The van der Waals surface area contributed by atoms with Gasteiger partial charge in [-0.15, -0.1) is 0 Å². The van der Waals surface area contributed by atoms with Crippen molar-refractivity contribution in [2.24, 2.45) is 5.84 Å². The van der Waals surface area contributed by atoms with Crippen molar-refractivity contribution >= 4 is 15.8 Å². The summed E-state index contributed by atoms with van der Waals surface area (Å²) < 4.78 is 26.5. The Labute approximate surface area is 113 Å². The largest absolute Gasteiger partial charge is 0.308 e. The zero-order valence-electron chi connectivity index (χ0n) is 10.8. The van der Waals surface area contributed by atoms with Gasteiger partial charge in [0, 0.05) is 25.3 Å². The van der Waals surface area contributed by atoms with E-state index in [0.717, 1.165) is 0 Å². The molecule has 106 valence electrons. The number of aromatic nitrogens is 1. The van der Waals surface area contributed by atoms with E-state index in [2.05, 4.69) is 20.0 Å². The van der Waals surface area contributed by atoms with E-state index in [1.165, 1.54) is 31.2 Å². The molecule has 0 unspecified atom stereocenters. The minimum absolute atomic E-state index is 0.139. The van der Waals surface area contributed by atoms with Crippen LogP contribution in [0.25, 0.3) is 0 Å². The number of anilines is 1. The van der Waals surface area contributed by atoms with E-state index in [9.17, 15) is 8.42 Å². The number of pyridine rings is 1. The van der Waals surface area contributed by atoms with Crippen LogP contribution in [0.2, 0.25) is 0 Å². The highest BCUT2D eigenvalue weighted by Gasteiger charge is 2.25. The van der Waals surface area contributed by atoms with Crippen molar-refractivity contribution in [3.05, 3.63) is 18.3 Å². The molecule has 0 atom stereocenters. The Hall–Kier alpha value is -1.22. The lowest BCUT2D eigenvalue weighted by Crippen LogP contribution is -2.34. The maximum atomic E-state index is 12.0. The molecule has 4 N–H and O–H groups in total. The molecule has 1 aromatic rings. The van der Waals surface area contributed by atoms with Crippen molar-refractivity contribution in [3.63, 3.8) is 0 Å². The Morgan fingerprint density at radius 1 is 1.47 bits per heavy atom. The molecule has 1 aromatic heterocycles. The Morgan fingerprint density at radius 3 is 2.74 bits per heavy atom. The van der Waals surface area contributed by atoms with Crippen LogP contribution in [-0.4, -0.2) is 44.5 Å². The summed E-state index contributed by atoms with van der Waals surface area (Å²) in [7, 11) is -1.48. The van der Waals surface area contributed by atoms with Gasteiger partial charge in [-0.2, -0.15) is 0 Å². The summed E-state index contributed by atoms with van der Waals surface area (Å²) in [6.45, 7) is 1.10. The lowest BCUT2D eigenvalue weighted by atomic mass is 10.5. The van der Waals surface area contributed by atoms with E-state index >= 15 is 0 Å². The summed E-state index contributed by atoms with van der Waals surface area (Å²) in [5, 5.41) is 0. The first-order chi connectivity index (χ1) is 9.03. The fraction of sp³-hybridized carbons (Fsp3) is 0.545. The van der Waals surface area contributed by atoms with E-state index in [-0.39, 0.29) is 4.90 Å². The van der Waals surface area contributed by atoms with Gasteiger partial charge in [-0.1, -0.05) is 0 Å². The summed E-state index contributed by atoms with van der Waals surface area (Å²) in [5.74, 6) is 5.60. The van der Waals surface area contributed by atoms with Crippen molar-refractivity contribution < 1.29 is 8.42 Å². The monoisotopic (exact) mass is 285 g/mol.